The molecule has 0 radical (unpaired) electrons. The summed E-state index contributed by atoms with van der Waals surface area (Å²) in [6.07, 6.45) is 3.50. The molecule has 140 valence electrons. The maximum absolute atomic E-state index is 14.4. The highest BCUT2D eigenvalue weighted by Gasteiger charge is 2.09. The fourth-order valence-corrected chi connectivity index (χ4v) is 2.68. The van der Waals surface area contributed by atoms with Gasteiger partial charge in [-0.1, -0.05) is 23.4 Å². The van der Waals surface area contributed by atoms with Crippen LogP contribution in [0.4, 0.5) is 10.1 Å². The zero-order chi connectivity index (χ0) is 19.3. The third-order valence-corrected chi connectivity index (χ3v) is 4.06. The normalized spacial score (nSPS) is 10.6. The Morgan fingerprint density at radius 2 is 1.93 bits per heavy atom. The predicted octanol–water partition coefficient (Wildman–Crippen LogP) is 4.51. The van der Waals surface area contributed by atoms with E-state index < -0.39 is 5.82 Å². The van der Waals surface area contributed by atoms with Crippen molar-refractivity contribution in [1.82, 2.24) is 20.0 Å². The van der Waals surface area contributed by atoms with Crippen LogP contribution in [0.1, 0.15) is 11.4 Å². The van der Waals surface area contributed by atoms with Crippen LogP contribution in [0.2, 0.25) is 0 Å². The summed E-state index contributed by atoms with van der Waals surface area (Å²) in [7, 11) is 0. The molecule has 2 heterocycles. The molecule has 0 unspecified atom stereocenters. The Labute approximate surface area is 161 Å². The molecular weight excluding hydrogens is 357 g/mol. The molecule has 0 spiro atoms. The highest BCUT2D eigenvalue weighted by molar-refractivity contribution is 5.43. The number of rotatable bonds is 6. The Morgan fingerprint density at radius 1 is 1.07 bits per heavy atom. The molecule has 0 fully saturated rings. The van der Waals surface area contributed by atoms with Gasteiger partial charge in [-0.25, -0.2) is 9.07 Å². The van der Waals surface area contributed by atoms with Gasteiger partial charge in [-0.2, -0.15) is 0 Å². The molecule has 0 saturated heterocycles. The molecule has 0 aliphatic rings. The van der Waals surface area contributed by atoms with Crippen LogP contribution in [-0.4, -0.2) is 20.0 Å². The molecular formula is C21H18FN5O. The lowest BCUT2D eigenvalue weighted by atomic mass is 10.3. The maximum Gasteiger partial charge on any atom is 0.167 e. The highest BCUT2D eigenvalue weighted by Crippen LogP contribution is 2.26. The van der Waals surface area contributed by atoms with Crippen LogP contribution in [0.3, 0.4) is 0 Å². The second-order valence-electron chi connectivity index (χ2n) is 6.22. The standard InChI is InChI=1S/C21H18FN5O/c1-15-11-16(9-10-23-15)24-13-17-14-27(26-25-17)18-7-8-21(20(22)12-18)28-19-5-3-2-4-6-19/h2-12,14H,13H2,1H3,(H,23,24). The molecule has 0 amide bonds. The number of hydrogen-bond donors (Lipinski definition) is 1. The highest BCUT2D eigenvalue weighted by atomic mass is 19.1. The van der Waals surface area contributed by atoms with E-state index in [4.69, 9.17) is 4.74 Å². The molecule has 0 atom stereocenters. The number of anilines is 1. The number of nitrogens with zero attached hydrogens (tertiary/aromatic N) is 4. The van der Waals surface area contributed by atoms with Gasteiger partial charge in [-0.3, -0.25) is 4.98 Å². The number of halogens is 1. The Balaban J connectivity index is 1.45. The third kappa shape index (κ3) is 4.15. The van der Waals surface area contributed by atoms with Crippen molar-refractivity contribution in [2.45, 2.75) is 13.5 Å². The number of nitrogens with one attached hydrogen (secondary N) is 1. The van der Waals surface area contributed by atoms with Gasteiger partial charge in [0.1, 0.15) is 11.4 Å². The third-order valence-electron chi connectivity index (χ3n) is 4.06. The van der Waals surface area contributed by atoms with E-state index in [2.05, 4.69) is 20.6 Å². The van der Waals surface area contributed by atoms with Crippen LogP contribution in [0, 0.1) is 12.7 Å². The first-order valence-corrected chi connectivity index (χ1v) is 8.78. The Bertz CT molecular complexity index is 1080. The fraction of sp³-hybridized carbons (Fsp3) is 0.0952. The Hall–Kier alpha value is -3.74. The van der Waals surface area contributed by atoms with Gasteiger partial charge in [0, 0.05) is 23.6 Å². The van der Waals surface area contributed by atoms with Gasteiger partial charge < -0.3 is 10.1 Å². The van der Waals surface area contributed by atoms with Gasteiger partial charge in [0.25, 0.3) is 0 Å². The van der Waals surface area contributed by atoms with Crippen molar-refractivity contribution < 1.29 is 9.13 Å². The molecule has 0 aliphatic carbocycles. The molecule has 1 N–H and O–H groups in total. The number of hydrogen-bond acceptors (Lipinski definition) is 5. The molecule has 2 aromatic carbocycles. The summed E-state index contributed by atoms with van der Waals surface area (Å²) in [5, 5.41) is 11.5. The van der Waals surface area contributed by atoms with Crippen molar-refractivity contribution in [2.24, 2.45) is 0 Å². The van der Waals surface area contributed by atoms with Crippen LogP contribution in [0.25, 0.3) is 5.69 Å². The molecule has 28 heavy (non-hydrogen) atoms. The van der Waals surface area contributed by atoms with E-state index in [0.717, 1.165) is 17.1 Å². The lowest BCUT2D eigenvalue weighted by molar-refractivity contribution is 0.442. The van der Waals surface area contributed by atoms with Gasteiger partial charge in [0.2, 0.25) is 0 Å². The molecule has 4 rings (SSSR count). The average molecular weight is 375 g/mol. The molecule has 0 saturated carbocycles. The number of pyridine rings is 1. The predicted molar refractivity (Wildman–Crippen MR) is 104 cm³/mol. The maximum atomic E-state index is 14.4. The van der Waals surface area contributed by atoms with Crippen LogP contribution < -0.4 is 10.1 Å². The molecule has 0 aliphatic heterocycles. The van der Waals surface area contributed by atoms with Gasteiger partial charge in [0.15, 0.2) is 11.6 Å². The number of aromatic nitrogens is 4. The van der Waals surface area contributed by atoms with E-state index >= 15 is 0 Å². The SMILES string of the molecule is Cc1cc(NCc2cn(-c3ccc(Oc4ccccc4)c(F)c3)nn2)ccn1. The second kappa shape index (κ2) is 7.87. The lowest BCUT2D eigenvalue weighted by Gasteiger charge is -2.08. The second-order valence-corrected chi connectivity index (χ2v) is 6.22. The summed E-state index contributed by atoms with van der Waals surface area (Å²) < 4.78 is 21.5. The first-order chi connectivity index (χ1) is 13.7. The van der Waals surface area contributed by atoms with Gasteiger partial charge >= 0.3 is 0 Å². The van der Waals surface area contributed by atoms with Crippen LogP contribution in [-0.2, 0) is 6.54 Å². The van der Waals surface area contributed by atoms with Crippen molar-refractivity contribution in [3.63, 3.8) is 0 Å². The van der Waals surface area contributed by atoms with E-state index in [1.807, 2.05) is 37.3 Å². The summed E-state index contributed by atoms with van der Waals surface area (Å²) in [4.78, 5) is 4.16. The van der Waals surface area contributed by atoms with Crippen LogP contribution >= 0.6 is 0 Å². The first-order valence-electron chi connectivity index (χ1n) is 8.78. The van der Waals surface area contributed by atoms with Gasteiger partial charge in [0.05, 0.1) is 18.4 Å². The monoisotopic (exact) mass is 375 g/mol. The summed E-state index contributed by atoms with van der Waals surface area (Å²) in [5.74, 6) is 0.267. The minimum absolute atomic E-state index is 0.157. The number of ether oxygens (including phenoxy) is 1. The Kier molecular flexibility index (Phi) is 4.97. The average Bonchev–Trinajstić information content (AvgIpc) is 3.18. The summed E-state index contributed by atoms with van der Waals surface area (Å²) >= 11 is 0. The molecule has 2 aromatic heterocycles. The van der Waals surface area contributed by atoms with Crippen molar-refractivity contribution in [1.29, 1.82) is 0 Å². The molecule has 0 bridgehead atoms. The topological polar surface area (TPSA) is 64.9 Å². The zero-order valence-electron chi connectivity index (χ0n) is 15.2. The molecule has 4 aromatic rings. The van der Waals surface area contributed by atoms with E-state index in [9.17, 15) is 4.39 Å². The van der Waals surface area contributed by atoms with Crippen LogP contribution in [0.5, 0.6) is 11.5 Å². The summed E-state index contributed by atoms with van der Waals surface area (Å²) in [6.45, 7) is 2.43. The smallest absolute Gasteiger partial charge is 0.167 e. The number of para-hydroxylation sites is 1. The summed E-state index contributed by atoms with van der Waals surface area (Å²) in [6, 6.07) is 17.6. The van der Waals surface area contributed by atoms with Gasteiger partial charge in [-0.15, -0.1) is 5.10 Å². The van der Waals surface area contributed by atoms with E-state index in [1.165, 1.54) is 10.7 Å². The first kappa shape index (κ1) is 17.7. The van der Waals surface area contributed by atoms with E-state index in [1.54, 1.807) is 36.7 Å². The largest absolute Gasteiger partial charge is 0.454 e. The number of benzene rings is 2. The zero-order valence-corrected chi connectivity index (χ0v) is 15.2. The molecule has 6 nitrogen and oxygen atoms in total. The summed E-state index contributed by atoms with van der Waals surface area (Å²) in [5.41, 5.74) is 3.19. The van der Waals surface area contributed by atoms with Gasteiger partial charge in [-0.05, 0) is 43.3 Å². The van der Waals surface area contributed by atoms with Crippen molar-refractivity contribution >= 4 is 5.69 Å². The van der Waals surface area contributed by atoms with Crippen molar-refractivity contribution in [2.75, 3.05) is 5.32 Å². The minimum atomic E-state index is -0.469. The fourth-order valence-electron chi connectivity index (χ4n) is 2.68. The van der Waals surface area contributed by atoms with E-state index in [-0.39, 0.29) is 5.75 Å². The minimum Gasteiger partial charge on any atom is -0.454 e. The number of aryl methyl sites for hydroxylation is 1. The van der Waals surface area contributed by atoms with Crippen molar-refractivity contribution in [3.8, 4) is 17.2 Å². The Morgan fingerprint density at radius 3 is 2.71 bits per heavy atom. The van der Waals surface area contributed by atoms with Crippen LogP contribution in [0.15, 0.2) is 73.1 Å². The lowest BCUT2D eigenvalue weighted by Crippen LogP contribution is -2.00. The quantitative estimate of drug-likeness (QED) is 0.537. The van der Waals surface area contributed by atoms with Crippen molar-refractivity contribution in [3.05, 3.63) is 90.3 Å². The van der Waals surface area contributed by atoms with E-state index in [0.29, 0.717) is 18.0 Å². The molecule has 7 heteroatoms.